The maximum atomic E-state index is 12.3. The lowest BCUT2D eigenvalue weighted by molar-refractivity contribution is -0.134. The number of aromatic hydroxyl groups is 1. The highest BCUT2D eigenvalue weighted by atomic mass is 16.5. The van der Waals surface area contributed by atoms with Gasteiger partial charge in [0, 0.05) is 19.7 Å². The minimum absolute atomic E-state index is 0.111. The third-order valence-electron chi connectivity index (χ3n) is 3.55. The fourth-order valence-corrected chi connectivity index (χ4v) is 2.54. The van der Waals surface area contributed by atoms with E-state index in [-0.39, 0.29) is 17.8 Å². The molecule has 1 N–H and O–H groups in total. The van der Waals surface area contributed by atoms with Crippen LogP contribution in [0.2, 0.25) is 0 Å². The molecule has 0 aromatic heterocycles. The van der Waals surface area contributed by atoms with Gasteiger partial charge in [-0.2, -0.15) is 0 Å². The zero-order valence-electron chi connectivity index (χ0n) is 12.0. The Hall–Kier alpha value is -1.55. The maximum absolute atomic E-state index is 12.3. The quantitative estimate of drug-likeness (QED) is 0.899. The predicted octanol–water partition coefficient (Wildman–Crippen LogP) is 2.35. The van der Waals surface area contributed by atoms with Gasteiger partial charge in [0.15, 0.2) is 0 Å². The molecule has 1 fully saturated rings. The van der Waals surface area contributed by atoms with E-state index in [2.05, 4.69) is 6.92 Å². The Kier molecular flexibility index (Phi) is 5.41. The summed E-state index contributed by atoms with van der Waals surface area (Å²) in [7, 11) is 0. The van der Waals surface area contributed by atoms with E-state index in [1.807, 2.05) is 11.0 Å². The van der Waals surface area contributed by atoms with Crippen LogP contribution >= 0.6 is 0 Å². The van der Waals surface area contributed by atoms with Crippen molar-refractivity contribution in [2.45, 2.75) is 38.7 Å². The number of rotatable bonds is 5. The number of phenolic OH excluding ortho intramolecular Hbond substituents is 1. The third-order valence-corrected chi connectivity index (χ3v) is 3.55. The van der Waals surface area contributed by atoms with Gasteiger partial charge in [0.2, 0.25) is 5.91 Å². The molecule has 0 aliphatic carbocycles. The zero-order valence-corrected chi connectivity index (χ0v) is 12.0. The number of carbonyl (C=O) groups excluding carboxylic acids is 1. The highest BCUT2D eigenvalue weighted by Gasteiger charge is 2.23. The van der Waals surface area contributed by atoms with Crippen LogP contribution in [-0.2, 0) is 16.0 Å². The number of phenols is 1. The van der Waals surface area contributed by atoms with Gasteiger partial charge in [0.25, 0.3) is 0 Å². The smallest absolute Gasteiger partial charge is 0.227 e. The van der Waals surface area contributed by atoms with Crippen LogP contribution in [0.1, 0.15) is 31.7 Å². The summed E-state index contributed by atoms with van der Waals surface area (Å²) in [6.45, 7) is 4.36. The number of likely N-dealkylation sites (tertiary alicyclic amines) is 1. The average Bonchev–Trinajstić information content (AvgIpc) is 2.45. The van der Waals surface area contributed by atoms with Crippen molar-refractivity contribution in [1.29, 1.82) is 0 Å². The predicted molar refractivity (Wildman–Crippen MR) is 77.7 cm³/mol. The van der Waals surface area contributed by atoms with Crippen molar-refractivity contribution in [3.05, 3.63) is 29.8 Å². The van der Waals surface area contributed by atoms with E-state index >= 15 is 0 Å². The molecule has 1 saturated heterocycles. The number of hydrogen-bond donors (Lipinski definition) is 1. The fourth-order valence-electron chi connectivity index (χ4n) is 2.54. The van der Waals surface area contributed by atoms with Crippen LogP contribution < -0.4 is 0 Å². The van der Waals surface area contributed by atoms with E-state index in [1.165, 1.54) is 0 Å². The molecule has 0 radical (unpaired) electrons. The number of piperidine rings is 1. The van der Waals surface area contributed by atoms with E-state index in [0.29, 0.717) is 13.0 Å². The van der Waals surface area contributed by atoms with Gasteiger partial charge in [-0.05, 0) is 37.0 Å². The lowest BCUT2D eigenvalue weighted by Crippen LogP contribution is -2.44. The molecule has 110 valence electrons. The molecule has 0 bridgehead atoms. The number of ether oxygens (including phenoxy) is 1. The number of hydrogen-bond acceptors (Lipinski definition) is 3. The minimum Gasteiger partial charge on any atom is -0.508 e. The van der Waals surface area contributed by atoms with Crippen LogP contribution in [0, 0.1) is 0 Å². The first-order valence-electron chi connectivity index (χ1n) is 7.36. The Morgan fingerprint density at radius 2 is 2.35 bits per heavy atom. The molecule has 1 aromatic carbocycles. The summed E-state index contributed by atoms with van der Waals surface area (Å²) in [4.78, 5) is 14.2. The second kappa shape index (κ2) is 7.29. The average molecular weight is 277 g/mol. The Bertz CT molecular complexity index is 447. The van der Waals surface area contributed by atoms with E-state index in [4.69, 9.17) is 4.74 Å². The van der Waals surface area contributed by atoms with Crippen LogP contribution in [0.4, 0.5) is 0 Å². The number of amides is 1. The van der Waals surface area contributed by atoms with Crippen LogP contribution in [0.15, 0.2) is 24.3 Å². The molecule has 0 spiro atoms. The Balaban J connectivity index is 1.88. The van der Waals surface area contributed by atoms with Crippen molar-refractivity contribution in [3.63, 3.8) is 0 Å². The largest absolute Gasteiger partial charge is 0.508 e. The normalized spacial score (nSPS) is 19.1. The second-order valence-electron chi connectivity index (χ2n) is 5.32. The van der Waals surface area contributed by atoms with Gasteiger partial charge < -0.3 is 14.7 Å². The molecule has 0 saturated carbocycles. The highest BCUT2D eigenvalue weighted by molar-refractivity contribution is 5.79. The van der Waals surface area contributed by atoms with Gasteiger partial charge in [-0.25, -0.2) is 0 Å². The second-order valence-corrected chi connectivity index (χ2v) is 5.32. The van der Waals surface area contributed by atoms with Crippen molar-refractivity contribution in [1.82, 2.24) is 4.90 Å². The topological polar surface area (TPSA) is 49.8 Å². The molecule has 4 nitrogen and oxygen atoms in total. The molecule has 1 aliphatic rings. The van der Waals surface area contributed by atoms with Crippen molar-refractivity contribution < 1.29 is 14.6 Å². The first-order valence-corrected chi connectivity index (χ1v) is 7.36. The van der Waals surface area contributed by atoms with E-state index in [1.54, 1.807) is 18.2 Å². The summed E-state index contributed by atoms with van der Waals surface area (Å²) in [5.41, 5.74) is 0.853. The van der Waals surface area contributed by atoms with E-state index in [9.17, 15) is 9.90 Å². The van der Waals surface area contributed by atoms with E-state index < -0.39 is 0 Å². The first-order chi connectivity index (χ1) is 9.69. The molecule has 1 unspecified atom stereocenters. The molecular formula is C16H23NO3. The molecule has 1 heterocycles. The molecule has 1 atom stereocenters. The van der Waals surface area contributed by atoms with Gasteiger partial charge in [-0.15, -0.1) is 0 Å². The van der Waals surface area contributed by atoms with Crippen molar-refractivity contribution in [3.8, 4) is 5.75 Å². The third kappa shape index (κ3) is 4.23. The summed E-state index contributed by atoms with van der Waals surface area (Å²) in [5.74, 6) is 0.318. The molecule has 1 aromatic rings. The number of carbonyl (C=O) groups is 1. The summed E-state index contributed by atoms with van der Waals surface area (Å²) < 4.78 is 5.75. The van der Waals surface area contributed by atoms with Crippen LogP contribution in [0.5, 0.6) is 5.75 Å². The molecule has 4 heteroatoms. The summed E-state index contributed by atoms with van der Waals surface area (Å²) in [6.07, 6.45) is 3.57. The molecule has 1 aliphatic heterocycles. The summed E-state index contributed by atoms with van der Waals surface area (Å²) in [5, 5.41) is 9.43. The van der Waals surface area contributed by atoms with Gasteiger partial charge >= 0.3 is 0 Å². The van der Waals surface area contributed by atoms with Crippen molar-refractivity contribution in [2.75, 3.05) is 19.7 Å². The molecule has 20 heavy (non-hydrogen) atoms. The van der Waals surface area contributed by atoms with Crippen molar-refractivity contribution >= 4 is 5.91 Å². The standard InChI is InChI=1S/C16H23NO3/c1-2-9-20-15-7-4-8-17(12-15)16(19)11-13-5-3-6-14(18)10-13/h3,5-6,10,15,18H,2,4,7-9,11-12H2,1H3. The SMILES string of the molecule is CCCOC1CCCN(C(=O)Cc2cccc(O)c2)C1. The van der Waals surface area contributed by atoms with Crippen LogP contribution in [-0.4, -0.2) is 41.7 Å². The Labute approximate surface area is 120 Å². The van der Waals surface area contributed by atoms with Crippen molar-refractivity contribution in [2.24, 2.45) is 0 Å². The highest BCUT2D eigenvalue weighted by Crippen LogP contribution is 2.16. The zero-order chi connectivity index (χ0) is 14.4. The lowest BCUT2D eigenvalue weighted by Gasteiger charge is -2.32. The molecular weight excluding hydrogens is 254 g/mol. The summed E-state index contributed by atoms with van der Waals surface area (Å²) in [6, 6.07) is 6.89. The molecule has 2 rings (SSSR count). The van der Waals surface area contributed by atoms with Gasteiger partial charge in [-0.3, -0.25) is 4.79 Å². The number of benzene rings is 1. The van der Waals surface area contributed by atoms with Crippen LogP contribution in [0.25, 0.3) is 0 Å². The Morgan fingerprint density at radius 1 is 1.50 bits per heavy atom. The van der Waals surface area contributed by atoms with E-state index in [0.717, 1.165) is 38.0 Å². The fraction of sp³-hybridized carbons (Fsp3) is 0.562. The maximum Gasteiger partial charge on any atom is 0.227 e. The monoisotopic (exact) mass is 277 g/mol. The Morgan fingerprint density at radius 3 is 3.10 bits per heavy atom. The molecule has 1 amide bonds. The van der Waals surface area contributed by atoms with Gasteiger partial charge in [-0.1, -0.05) is 19.1 Å². The minimum atomic E-state index is 0.111. The summed E-state index contributed by atoms with van der Waals surface area (Å²) >= 11 is 0. The lowest BCUT2D eigenvalue weighted by atomic mass is 10.1. The van der Waals surface area contributed by atoms with Gasteiger partial charge in [0.05, 0.1) is 12.5 Å². The first kappa shape index (κ1) is 14.9. The van der Waals surface area contributed by atoms with Gasteiger partial charge in [0.1, 0.15) is 5.75 Å². The van der Waals surface area contributed by atoms with Crippen LogP contribution in [0.3, 0.4) is 0 Å². The number of nitrogens with zero attached hydrogens (tertiary/aromatic N) is 1.